The van der Waals surface area contributed by atoms with Crippen LogP contribution in [0.3, 0.4) is 0 Å². The van der Waals surface area contributed by atoms with Crippen molar-refractivity contribution in [2.75, 3.05) is 6.61 Å². The molecule has 0 amide bonds. The molecule has 2 N–H and O–H groups in total. The third-order valence-corrected chi connectivity index (χ3v) is 8.40. The van der Waals surface area contributed by atoms with E-state index in [1.54, 1.807) is 0 Å². The van der Waals surface area contributed by atoms with Gasteiger partial charge in [-0.1, -0.05) is 42.5 Å². The van der Waals surface area contributed by atoms with Crippen LogP contribution in [0.1, 0.15) is 31.0 Å². The van der Waals surface area contributed by atoms with E-state index in [0.29, 0.717) is 18.9 Å². The first kappa shape index (κ1) is 21.2. The van der Waals surface area contributed by atoms with Gasteiger partial charge in [0.15, 0.2) is 8.32 Å². The van der Waals surface area contributed by atoms with E-state index in [0.717, 1.165) is 25.0 Å². The Kier molecular flexibility index (Phi) is 7.03. The highest BCUT2D eigenvalue weighted by atomic mass is 28.4. The highest BCUT2D eigenvalue weighted by molar-refractivity contribution is 6.71. The number of hydrogen-bond donors (Lipinski definition) is 2. The van der Waals surface area contributed by atoms with Crippen molar-refractivity contribution < 1.29 is 14.6 Å². The van der Waals surface area contributed by atoms with Crippen LogP contribution in [-0.4, -0.2) is 52.0 Å². The van der Waals surface area contributed by atoms with E-state index >= 15 is 0 Å². The van der Waals surface area contributed by atoms with Crippen LogP contribution in [0.2, 0.25) is 18.6 Å². The lowest BCUT2D eigenvalue weighted by molar-refractivity contribution is 0.0245. The Morgan fingerprint density at radius 3 is 2.54 bits per heavy atom. The Balaban J connectivity index is 1.62. The summed E-state index contributed by atoms with van der Waals surface area (Å²) in [5.74, 6) is 0.348. The predicted molar refractivity (Wildman–Crippen MR) is 111 cm³/mol. The van der Waals surface area contributed by atoms with Crippen LogP contribution in [-0.2, 0) is 24.1 Å². The molecule has 3 rings (SSSR count). The number of rotatable bonds is 9. The maximum absolute atomic E-state index is 10.9. The minimum absolute atomic E-state index is 0.0490. The summed E-state index contributed by atoms with van der Waals surface area (Å²) in [7, 11) is -2.35. The van der Waals surface area contributed by atoms with Crippen molar-refractivity contribution in [2.24, 2.45) is 5.92 Å². The van der Waals surface area contributed by atoms with Crippen LogP contribution in [0.5, 0.6) is 0 Å². The van der Waals surface area contributed by atoms with Crippen LogP contribution in [0.4, 0.5) is 0 Å². The summed E-state index contributed by atoms with van der Waals surface area (Å²) in [4.78, 5) is 10.9. The fraction of sp³-hybridized carbons (Fsp3) is 0.619. The van der Waals surface area contributed by atoms with Crippen molar-refractivity contribution in [3.63, 3.8) is 0 Å². The molecule has 2 aromatic rings. The van der Waals surface area contributed by atoms with Crippen LogP contribution < -0.4 is 0 Å². The second kappa shape index (κ2) is 9.30. The summed E-state index contributed by atoms with van der Waals surface area (Å²) in [5.41, 5.74) is 2.35. The van der Waals surface area contributed by atoms with E-state index in [1.807, 2.05) is 30.0 Å². The molecule has 1 saturated heterocycles. The first-order valence-electron chi connectivity index (χ1n) is 10.3. The summed E-state index contributed by atoms with van der Waals surface area (Å²) in [5, 5.41) is 17.3. The van der Waals surface area contributed by atoms with Crippen molar-refractivity contribution in [3.8, 4) is 0 Å². The molecule has 0 bridgehead atoms. The summed E-state index contributed by atoms with van der Waals surface area (Å²) in [6, 6.07) is 10.5. The van der Waals surface area contributed by atoms with Crippen LogP contribution in [0, 0.1) is 5.92 Å². The van der Waals surface area contributed by atoms with E-state index in [9.17, 15) is 4.80 Å². The van der Waals surface area contributed by atoms with Gasteiger partial charge in [0.25, 0.3) is 0 Å². The molecule has 154 valence electrons. The van der Waals surface area contributed by atoms with E-state index in [4.69, 9.17) is 9.84 Å². The van der Waals surface area contributed by atoms with Gasteiger partial charge >= 0.3 is 0 Å². The zero-order valence-electron chi connectivity index (χ0n) is 17.2. The number of aliphatic hydroxyl groups excluding tert-OH is 1. The molecule has 1 fully saturated rings. The number of aromatic nitrogens is 3. The average Bonchev–Trinajstić information content (AvgIpc) is 3.23. The minimum atomic E-state index is -2.35. The zero-order chi connectivity index (χ0) is 20.1. The SMILES string of the molecule is C[C@@H]1[C@@H]([Si](C)(C)O)[C@H](CCn2cc(CCO)nn2)O[C@@H]1CCc1ccccc1. The molecule has 1 aliphatic rings. The van der Waals surface area contributed by atoms with Crippen molar-refractivity contribution in [1.29, 1.82) is 0 Å². The Morgan fingerprint density at radius 2 is 1.86 bits per heavy atom. The fourth-order valence-electron chi connectivity index (χ4n) is 4.57. The molecule has 7 heteroatoms. The predicted octanol–water partition coefficient (Wildman–Crippen LogP) is 2.81. The van der Waals surface area contributed by atoms with Gasteiger partial charge in [0, 0.05) is 31.3 Å². The molecule has 0 spiro atoms. The molecule has 28 heavy (non-hydrogen) atoms. The van der Waals surface area contributed by atoms with Gasteiger partial charge in [-0.3, -0.25) is 4.68 Å². The standard InChI is InChI=1S/C21H33N3O3Si/c1-16-19(10-9-17-7-5-4-6-8-17)27-20(21(16)28(2,3)26)11-13-24-15-18(12-14-25)22-23-24/h4-8,15-16,19-21,25-26H,9-14H2,1-3H3/t16-,19+,20-,21+/m0/s1. The molecule has 4 atom stereocenters. The smallest absolute Gasteiger partial charge is 0.188 e. The first-order valence-corrected chi connectivity index (χ1v) is 13.3. The summed E-state index contributed by atoms with van der Waals surface area (Å²) < 4.78 is 8.30. The summed E-state index contributed by atoms with van der Waals surface area (Å²) >= 11 is 0. The average molecular weight is 404 g/mol. The lowest BCUT2D eigenvalue weighted by Crippen LogP contribution is -2.40. The summed E-state index contributed by atoms with van der Waals surface area (Å²) in [6.07, 6.45) is 5.43. The number of aryl methyl sites for hydroxylation is 2. The number of ether oxygens (including phenoxy) is 1. The second-order valence-electron chi connectivity index (χ2n) is 8.51. The molecule has 2 heterocycles. The molecule has 0 unspecified atom stereocenters. The molecule has 0 aliphatic carbocycles. The normalized spacial score (nSPS) is 25.3. The van der Waals surface area contributed by atoms with Gasteiger partial charge < -0.3 is 14.6 Å². The second-order valence-corrected chi connectivity index (χ2v) is 12.5. The number of aliphatic hydroxyl groups is 1. The zero-order valence-corrected chi connectivity index (χ0v) is 18.2. The molecule has 0 radical (unpaired) electrons. The maximum atomic E-state index is 10.9. The third kappa shape index (κ3) is 5.29. The molecule has 6 nitrogen and oxygen atoms in total. The highest BCUT2D eigenvalue weighted by Gasteiger charge is 2.49. The quantitative estimate of drug-likeness (QED) is 0.629. The first-order chi connectivity index (χ1) is 13.4. The number of hydrogen-bond acceptors (Lipinski definition) is 5. The molecule has 1 aromatic heterocycles. The van der Waals surface area contributed by atoms with Gasteiger partial charge in [0.1, 0.15) is 0 Å². The van der Waals surface area contributed by atoms with E-state index < -0.39 is 8.32 Å². The topological polar surface area (TPSA) is 80.4 Å². The van der Waals surface area contributed by atoms with Gasteiger partial charge in [-0.05, 0) is 43.8 Å². The van der Waals surface area contributed by atoms with E-state index in [-0.39, 0.29) is 24.4 Å². The van der Waals surface area contributed by atoms with Crippen LogP contribution >= 0.6 is 0 Å². The lowest BCUT2D eigenvalue weighted by atomic mass is 9.95. The van der Waals surface area contributed by atoms with Crippen molar-refractivity contribution in [3.05, 3.63) is 47.8 Å². The monoisotopic (exact) mass is 403 g/mol. The van der Waals surface area contributed by atoms with Gasteiger partial charge in [-0.15, -0.1) is 5.10 Å². The number of benzene rings is 1. The molecule has 1 aliphatic heterocycles. The van der Waals surface area contributed by atoms with Crippen molar-refractivity contribution in [1.82, 2.24) is 15.0 Å². The Hall–Kier alpha value is -1.54. The fourth-order valence-corrected chi connectivity index (χ4v) is 7.23. The Labute approximate surface area is 168 Å². The van der Waals surface area contributed by atoms with Crippen molar-refractivity contribution in [2.45, 2.75) is 70.0 Å². The molecular formula is C21H33N3O3Si. The van der Waals surface area contributed by atoms with E-state index in [2.05, 4.69) is 41.5 Å². The molecule has 0 saturated carbocycles. The van der Waals surface area contributed by atoms with E-state index in [1.165, 1.54) is 5.56 Å². The van der Waals surface area contributed by atoms with Gasteiger partial charge in [-0.25, -0.2) is 0 Å². The third-order valence-electron chi connectivity index (χ3n) is 5.88. The highest BCUT2D eigenvalue weighted by Crippen LogP contribution is 2.45. The van der Waals surface area contributed by atoms with Crippen LogP contribution in [0.25, 0.3) is 0 Å². The lowest BCUT2D eigenvalue weighted by Gasteiger charge is -2.30. The molecular weight excluding hydrogens is 370 g/mol. The minimum Gasteiger partial charge on any atom is -0.432 e. The van der Waals surface area contributed by atoms with Crippen molar-refractivity contribution >= 4 is 8.32 Å². The summed E-state index contributed by atoms with van der Waals surface area (Å²) in [6.45, 7) is 7.08. The van der Waals surface area contributed by atoms with Crippen LogP contribution in [0.15, 0.2) is 36.5 Å². The molecule has 1 aromatic carbocycles. The Bertz CT molecular complexity index is 732. The Morgan fingerprint density at radius 1 is 1.11 bits per heavy atom. The van der Waals surface area contributed by atoms with Gasteiger partial charge in [0.05, 0.1) is 17.9 Å². The number of nitrogens with zero attached hydrogens (tertiary/aromatic N) is 3. The largest absolute Gasteiger partial charge is 0.432 e. The van der Waals surface area contributed by atoms with Gasteiger partial charge in [0.2, 0.25) is 0 Å². The van der Waals surface area contributed by atoms with Gasteiger partial charge in [-0.2, -0.15) is 0 Å². The maximum Gasteiger partial charge on any atom is 0.188 e.